The van der Waals surface area contributed by atoms with Gasteiger partial charge in [0.05, 0.1) is 14.6 Å². The lowest BCUT2D eigenvalue weighted by Crippen LogP contribution is -2.26. The Hall–Kier alpha value is -1.78. The van der Waals surface area contributed by atoms with E-state index < -0.39 is 0 Å². The second-order valence-corrected chi connectivity index (χ2v) is 7.06. The number of nitrogens with one attached hydrogen (secondary N) is 2. The number of aromatic nitrogens is 1. The maximum absolute atomic E-state index is 12.3. The van der Waals surface area contributed by atoms with Crippen molar-refractivity contribution in [3.05, 3.63) is 58.1 Å². The quantitative estimate of drug-likeness (QED) is 0.748. The first kappa shape index (κ1) is 12.9. The lowest BCUT2D eigenvalue weighted by molar-refractivity contribution is 0.0946. The molecule has 1 aromatic carbocycles. The van der Waals surface area contributed by atoms with Crippen LogP contribution in [-0.4, -0.2) is 16.9 Å². The summed E-state index contributed by atoms with van der Waals surface area (Å²) in [6.45, 7) is 0. The molecule has 0 saturated heterocycles. The van der Waals surface area contributed by atoms with Crippen molar-refractivity contribution in [3.63, 3.8) is 0 Å². The van der Waals surface area contributed by atoms with Crippen molar-refractivity contribution >= 4 is 39.1 Å². The number of fused-ring (bicyclic) bond motifs is 1. The molecule has 2 unspecified atom stereocenters. The van der Waals surface area contributed by atoms with Crippen LogP contribution in [0.4, 0.5) is 0 Å². The smallest absolute Gasteiger partial charge is 0.267 e. The second kappa shape index (κ2) is 4.90. The van der Waals surface area contributed by atoms with Crippen molar-refractivity contribution in [2.24, 2.45) is 0 Å². The Morgan fingerprint density at radius 2 is 2.10 bits per heavy atom. The molecule has 1 aliphatic carbocycles. The Morgan fingerprint density at radius 3 is 2.86 bits per heavy atom. The first-order chi connectivity index (χ1) is 10.2. The number of rotatable bonds is 3. The van der Waals surface area contributed by atoms with Crippen LogP contribution in [0.1, 0.15) is 28.4 Å². The number of aromatic amines is 1. The molecule has 2 aromatic heterocycles. The first-order valence-corrected chi connectivity index (χ1v) is 8.04. The van der Waals surface area contributed by atoms with Crippen molar-refractivity contribution < 1.29 is 4.79 Å². The number of hydrogen-bond donors (Lipinski definition) is 2. The molecular weight excluding hydrogens is 304 g/mol. The van der Waals surface area contributed by atoms with E-state index in [4.69, 9.17) is 11.6 Å². The van der Waals surface area contributed by atoms with E-state index in [1.807, 2.05) is 30.3 Å². The van der Waals surface area contributed by atoms with Crippen LogP contribution < -0.4 is 5.32 Å². The fourth-order valence-electron chi connectivity index (χ4n) is 2.68. The van der Waals surface area contributed by atoms with Gasteiger partial charge < -0.3 is 10.3 Å². The summed E-state index contributed by atoms with van der Waals surface area (Å²) in [5.41, 5.74) is 2.82. The minimum absolute atomic E-state index is 0.0436. The maximum atomic E-state index is 12.3. The van der Waals surface area contributed by atoms with Crippen molar-refractivity contribution in [2.75, 3.05) is 0 Å². The zero-order valence-corrected chi connectivity index (χ0v) is 12.7. The number of thiophene rings is 1. The van der Waals surface area contributed by atoms with Crippen LogP contribution in [0.2, 0.25) is 4.34 Å². The van der Waals surface area contributed by atoms with Crippen molar-refractivity contribution in [3.8, 4) is 0 Å². The molecule has 2 heterocycles. The molecule has 5 heteroatoms. The Balaban J connectivity index is 1.46. The average molecular weight is 317 g/mol. The molecule has 2 N–H and O–H groups in total. The molecule has 0 aliphatic heterocycles. The topological polar surface area (TPSA) is 44.9 Å². The predicted octanol–water partition coefficient (Wildman–Crippen LogP) is 4.17. The van der Waals surface area contributed by atoms with Gasteiger partial charge in [-0.05, 0) is 24.1 Å². The molecule has 1 aliphatic rings. The van der Waals surface area contributed by atoms with E-state index in [2.05, 4.69) is 22.4 Å². The number of halogens is 1. The average Bonchev–Trinajstić information content (AvgIpc) is 2.99. The summed E-state index contributed by atoms with van der Waals surface area (Å²) >= 11 is 7.41. The Bertz CT molecular complexity index is 777. The highest BCUT2D eigenvalue weighted by atomic mass is 35.5. The van der Waals surface area contributed by atoms with E-state index >= 15 is 0 Å². The molecule has 0 spiro atoms. The monoisotopic (exact) mass is 316 g/mol. The van der Waals surface area contributed by atoms with Crippen molar-refractivity contribution in [1.82, 2.24) is 10.3 Å². The number of H-pyrrole nitrogens is 1. The second-order valence-electron chi connectivity index (χ2n) is 5.34. The van der Waals surface area contributed by atoms with Crippen molar-refractivity contribution in [1.29, 1.82) is 0 Å². The SMILES string of the molecule is O=C(NC1CC1c1ccccc1)c1cc2sc(Cl)cc2[nH]1. The molecule has 1 amide bonds. The van der Waals surface area contributed by atoms with E-state index in [-0.39, 0.29) is 11.9 Å². The standard InChI is InChI=1S/C16H13ClN2OS/c17-15-8-12-14(21-15)7-13(18-12)16(20)19-11-6-10(11)9-4-2-1-3-5-9/h1-5,7-8,10-11,18H,6H2,(H,19,20). The van der Waals surface area contributed by atoms with Gasteiger partial charge in [0.15, 0.2) is 0 Å². The third kappa shape index (κ3) is 2.45. The van der Waals surface area contributed by atoms with E-state index in [9.17, 15) is 4.79 Å². The number of amides is 1. The summed E-state index contributed by atoms with van der Waals surface area (Å²) in [5, 5.41) is 3.09. The van der Waals surface area contributed by atoms with Crippen LogP contribution >= 0.6 is 22.9 Å². The molecule has 21 heavy (non-hydrogen) atoms. The van der Waals surface area contributed by atoms with E-state index in [0.717, 1.165) is 21.0 Å². The van der Waals surface area contributed by atoms with Gasteiger partial charge in [-0.2, -0.15) is 0 Å². The zero-order valence-electron chi connectivity index (χ0n) is 11.1. The van der Waals surface area contributed by atoms with Crippen LogP contribution in [0.15, 0.2) is 42.5 Å². The minimum atomic E-state index is -0.0436. The summed E-state index contributed by atoms with van der Waals surface area (Å²) in [6.07, 6.45) is 1.01. The lowest BCUT2D eigenvalue weighted by Gasteiger charge is -2.03. The van der Waals surface area contributed by atoms with Gasteiger partial charge in [-0.1, -0.05) is 41.9 Å². The van der Waals surface area contributed by atoms with Gasteiger partial charge in [0.25, 0.3) is 5.91 Å². The molecule has 1 saturated carbocycles. The van der Waals surface area contributed by atoms with Gasteiger partial charge in [0.2, 0.25) is 0 Å². The number of benzene rings is 1. The highest BCUT2D eigenvalue weighted by molar-refractivity contribution is 7.22. The van der Waals surface area contributed by atoms with E-state index in [0.29, 0.717) is 11.6 Å². The summed E-state index contributed by atoms with van der Waals surface area (Å²) in [4.78, 5) is 15.4. The third-order valence-electron chi connectivity index (χ3n) is 3.85. The Morgan fingerprint density at radius 1 is 1.29 bits per heavy atom. The predicted molar refractivity (Wildman–Crippen MR) is 86.2 cm³/mol. The summed E-state index contributed by atoms with van der Waals surface area (Å²) in [6, 6.07) is 14.3. The Kier molecular flexibility index (Phi) is 3.01. The number of carbonyl (C=O) groups excluding carboxylic acids is 1. The Labute approximate surface area is 130 Å². The van der Waals surface area contributed by atoms with Gasteiger partial charge >= 0.3 is 0 Å². The number of hydrogen-bond acceptors (Lipinski definition) is 2. The van der Waals surface area contributed by atoms with Gasteiger partial charge in [-0.3, -0.25) is 4.79 Å². The molecule has 106 valence electrons. The van der Waals surface area contributed by atoms with E-state index in [1.54, 1.807) is 0 Å². The summed E-state index contributed by atoms with van der Waals surface area (Å²) in [5.74, 6) is 0.402. The maximum Gasteiger partial charge on any atom is 0.267 e. The van der Waals surface area contributed by atoms with E-state index in [1.165, 1.54) is 16.9 Å². The van der Waals surface area contributed by atoms with Crippen LogP contribution in [0.3, 0.4) is 0 Å². The van der Waals surface area contributed by atoms with Crippen LogP contribution in [0.5, 0.6) is 0 Å². The minimum Gasteiger partial charge on any atom is -0.350 e. The molecule has 3 nitrogen and oxygen atoms in total. The molecular formula is C16H13ClN2OS. The largest absolute Gasteiger partial charge is 0.350 e. The highest BCUT2D eigenvalue weighted by Crippen LogP contribution is 2.40. The molecule has 1 fully saturated rings. The summed E-state index contributed by atoms with van der Waals surface area (Å²) in [7, 11) is 0. The molecule has 3 aromatic rings. The van der Waals surface area contributed by atoms with Crippen LogP contribution in [-0.2, 0) is 0 Å². The van der Waals surface area contributed by atoms with Gasteiger partial charge in [0.1, 0.15) is 5.69 Å². The normalized spacial score (nSPS) is 20.6. The first-order valence-electron chi connectivity index (χ1n) is 6.84. The fourth-order valence-corrected chi connectivity index (χ4v) is 3.82. The highest BCUT2D eigenvalue weighted by Gasteiger charge is 2.39. The molecule has 0 radical (unpaired) electrons. The third-order valence-corrected chi connectivity index (χ3v) is 5.07. The van der Waals surface area contributed by atoms with Gasteiger partial charge in [-0.25, -0.2) is 0 Å². The van der Waals surface area contributed by atoms with Crippen LogP contribution in [0, 0.1) is 0 Å². The fraction of sp³-hybridized carbons (Fsp3) is 0.188. The van der Waals surface area contributed by atoms with Crippen molar-refractivity contribution in [2.45, 2.75) is 18.4 Å². The molecule has 2 atom stereocenters. The lowest BCUT2D eigenvalue weighted by atomic mass is 10.1. The zero-order chi connectivity index (χ0) is 14.4. The van der Waals surface area contributed by atoms with Crippen LogP contribution in [0.25, 0.3) is 10.2 Å². The molecule has 0 bridgehead atoms. The van der Waals surface area contributed by atoms with Gasteiger partial charge in [0, 0.05) is 12.0 Å². The molecule has 4 rings (SSSR count). The summed E-state index contributed by atoms with van der Waals surface area (Å²) < 4.78 is 1.75. The number of carbonyl (C=O) groups is 1. The van der Waals surface area contributed by atoms with Gasteiger partial charge in [-0.15, -0.1) is 11.3 Å².